The molecule has 0 aliphatic heterocycles. The number of terminal acetylenes is 1. The second-order valence-corrected chi connectivity index (χ2v) is 2.47. The monoisotopic (exact) mass is 200 g/mol. The van der Waals surface area contributed by atoms with E-state index in [0.717, 1.165) is 0 Å². The third-order valence-corrected chi connectivity index (χ3v) is 1.29. The minimum absolute atomic E-state index is 0.00343. The molecule has 6 nitrogen and oxygen atoms in total. The molecular weight excluding hydrogens is 188 g/mol. The Bertz CT molecular complexity index is 246. The molecule has 0 radical (unpaired) electrons. The molecule has 0 aromatic rings. The van der Waals surface area contributed by atoms with Crippen molar-refractivity contribution in [3.8, 4) is 12.3 Å². The fourth-order valence-corrected chi connectivity index (χ4v) is 0.609. The molecule has 0 unspecified atom stereocenters. The number of nitrogens with one attached hydrogen (secondary N) is 2. The van der Waals surface area contributed by atoms with Gasteiger partial charge >= 0.3 is 5.97 Å². The van der Waals surface area contributed by atoms with Crippen LogP contribution in [0.15, 0.2) is 0 Å². The van der Waals surface area contributed by atoms with E-state index in [-0.39, 0.29) is 19.6 Å². The minimum atomic E-state index is -1.58. The number of carboxylic acid groups (broad SMARTS) is 1. The molecule has 0 bridgehead atoms. The number of rotatable bonds is 6. The predicted molar refractivity (Wildman–Crippen MR) is 48.4 cm³/mol. The van der Waals surface area contributed by atoms with Crippen LogP contribution in [0.4, 0.5) is 0 Å². The summed E-state index contributed by atoms with van der Waals surface area (Å²) in [4.78, 5) is 21.0. The molecule has 1 atom stereocenters. The number of hydrogen-bond acceptors (Lipinski definition) is 4. The van der Waals surface area contributed by atoms with Crippen molar-refractivity contribution in [1.29, 1.82) is 0 Å². The second kappa shape index (κ2) is 6.88. The molecule has 0 aliphatic carbocycles. The molecule has 0 saturated carbocycles. The third kappa shape index (κ3) is 5.99. The van der Waals surface area contributed by atoms with Gasteiger partial charge in [-0.2, -0.15) is 0 Å². The van der Waals surface area contributed by atoms with E-state index in [1.165, 1.54) is 0 Å². The molecule has 0 aromatic heterocycles. The fourth-order valence-electron chi connectivity index (χ4n) is 0.609. The van der Waals surface area contributed by atoms with E-state index in [0.29, 0.717) is 0 Å². The van der Waals surface area contributed by atoms with Gasteiger partial charge in [-0.1, -0.05) is 5.92 Å². The highest BCUT2D eigenvalue weighted by atomic mass is 16.4. The summed E-state index contributed by atoms with van der Waals surface area (Å²) in [6, 6.07) is 0. The van der Waals surface area contributed by atoms with Gasteiger partial charge in [0.2, 0.25) is 5.91 Å². The molecule has 0 saturated heterocycles. The van der Waals surface area contributed by atoms with Crippen LogP contribution < -0.4 is 10.6 Å². The molecule has 0 heterocycles. The first-order valence-electron chi connectivity index (χ1n) is 3.89. The molecule has 0 rings (SSSR count). The summed E-state index contributed by atoms with van der Waals surface area (Å²) in [6.45, 7) is -0.0582. The van der Waals surface area contributed by atoms with Gasteiger partial charge in [-0.05, 0) is 0 Å². The van der Waals surface area contributed by atoms with Crippen LogP contribution in [-0.2, 0) is 9.59 Å². The lowest BCUT2D eigenvalue weighted by Gasteiger charge is -2.07. The Hall–Kier alpha value is -1.58. The van der Waals surface area contributed by atoms with E-state index >= 15 is 0 Å². The van der Waals surface area contributed by atoms with Crippen molar-refractivity contribution in [2.75, 3.05) is 19.6 Å². The Morgan fingerprint density at radius 3 is 2.64 bits per heavy atom. The molecular formula is C8H12N2O4. The molecule has 6 heteroatoms. The highest BCUT2D eigenvalue weighted by molar-refractivity contribution is 5.79. The van der Waals surface area contributed by atoms with Crippen LogP contribution in [0.3, 0.4) is 0 Å². The van der Waals surface area contributed by atoms with Crippen molar-refractivity contribution in [2.24, 2.45) is 0 Å². The Morgan fingerprint density at radius 2 is 2.14 bits per heavy atom. The first kappa shape index (κ1) is 12.4. The molecule has 0 aromatic carbocycles. The lowest BCUT2D eigenvalue weighted by molar-refractivity contribution is -0.146. The summed E-state index contributed by atoms with van der Waals surface area (Å²) in [5.74, 6) is 0.482. The summed E-state index contributed by atoms with van der Waals surface area (Å²) in [5, 5.41) is 21.9. The Balaban J connectivity index is 3.54. The van der Waals surface area contributed by atoms with E-state index in [9.17, 15) is 9.59 Å². The molecule has 14 heavy (non-hydrogen) atoms. The number of carboxylic acids is 1. The van der Waals surface area contributed by atoms with Crippen molar-refractivity contribution in [2.45, 2.75) is 6.10 Å². The molecule has 78 valence electrons. The molecule has 0 spiro atoms. The summed E-state index contributed by atoms with van der Waals surface area (Å²) in [5.41, 5.74) is 0. The molecule has 4 N–H and O–H groups in total. The van der Waals surface area contributed by atoms with E-state index in [4.69, 9.17) is 16.6 Å². The maximum Gasteiger partial charge on any atom is 0.334 e. The third-order valence-electron chi connectivity index (χ3n) is 1.29. The van der Waals surface area contributed by atoms with Crippen LogP contribution in [0.2, 0.25) is 0 Å². The second-order valence-electron chi connectivity index (χ2n) is 2.47. The summed E-state index contributed by atoms with van der Waals surface area (Å²) in [6.07, 6.45) is 3.34. The van der Waals surface area contributed by atoms with E-state index in [2.05, 4.69) is 16.6 Å². The normalized spacial score (nSPS) is 11.4. The maximum absolute atomic E-state index is 10.9. The quantitative estimate of drug-likeness (QED) is 0.287. The average molecular weight is 200 g/mol. The van der Waals surface area contributed by atoms with E-state index in [1.807, 2.05) is 0 Å². The number of hydrogen-bond donors (Lipinski definition) is 4. The van der Waals surface area contributed by atoms with Crippen molar-refractivity contribution >= 4 is 11.9 Å². The first-order chi connectivity index (χ1) is 6.57. The van der Waals surface area contributed by atoms with Crippen LogP contribution in [0.25, 0.3) is 0 Å². The van der Waals surface area contributed by atoms with Gasteiger partial charge in [0.15, 0.2) is 6.10 Å². The van der Waals surface area contributed by atoms with E-state index < -0.39 is 18.0 Å². The summed E-state index contributed by atoms with van der Waals surface area (Å²) >= 11 is 0. The highest BCUT2D eigenvalue weighted by Crippen LogP contribution is 1.79. The smallest absolute Gasteiger partial charge is 0.334 e. The topological polar surface area (TPSA) is 98.7 Å². The zero-order valence-electron chi connectivity index (χ0n) is 7.49. The van der Waals surface area contributed by atoms with Crippen LogP contribution in [0, 0.1) is 12.3 Å². The minimum Gasteiger partial charge on any atom is -0.479 e. The first-order valence-corrected chi connectivity index (χ1v) is 3.89. The van der Waals surface area contributed by atoms with Gasteiger partial charge in [-0.3, -0.25) is 10.1 Å². The van der Waals surface area contributed by atoms with E-state index in [1.54, 1.807) is 0 Å². The Morgan fingerprint density at radius 1 is 1.50 bits per heavy atom. The largest absolute Gasteiger partial charge is 0.479 e. The van der Waals surface area contributed by atoms with Crippen LogP contribution in [0.5, 0.6) is 0 Å². The maximum atomic E-state index is 10.9. The van der Waals surface area contributed by atoms with Gasteiger partial charge in [0.05, 0.1) is 19.6 Å². The van der Waals surface area contributed by atoms with Crippen molar-refractivity contribution in [3.05, 3.63) is 0 Å². The van der Waals surface area contributed by atoms with Gasteiger partial charge in [-0.25, -0.2) is 4.79 Å². The lowest BCUT2D eigenvalue weighted by atomic mass is 10.3. The molecule has 1 amide bonds. The Kier molecular flexibility index (Phi) is 6.11. The number of amides is 1. The summed E-state index contributed by atoms with van der Waals surface area (Å²) in [7, 11) is 0. The van der Waals surface area contributed by atoms with Gasteiger partial charge in [0.25, 0.3) is 0 Å². The number of aliphatic carboxylic acids is 1. The van der Waals surface area contributed by atoms with Crippen LogP contribution in [0.1, 0.15) is 0 Å². The standard InChI is InChI=1S/C8H12N2O4/c1-2-3-9-5-7(12)10-4-6(11)8(13)14/h1,6,9,11H,3-5H2,(H,10,12)(H,13,14)/t6-/m0/s1. The van der Waals surface area contributed by atoms with Crippen molar-refractivity contribution in [1.82, 2.24) is 10.6 Å². The van der Waals surface area contributed by atoms with Crippen LogP contribution in [-0.4, -0.2) is 47.8 Å². The lowest BCUT2D eigenvalue weighted by Crippen LogP contribution is -2.40. The number of carbonyl (C=O) groups is 2. The fraction of sp³-hybridized carbons (Fsp3) is 0.500. The Labute approximate surface area is 81.3 Å². The number of aliphatic hydroxyl groups excluding tert-OH is 1. The SMILES string of the molecule is C#CCNCC(=O)NC[C@H](O)C(=O)O. The van der Waals surface area contributed by atoms with Gasteiger partial charge < -0.3 is 15.5 Å². The molecule has 0 aliphatic rings. The highest BCUT2D eigenvalue weighted by Gasteiger charge is 2.13. The zero-order chi connectivity index (χ0) is 11.0. The van der Waals surface area contributed by atoms with Gasteiger partial charge in [0, 0.05) is 0 Å². The van der Waals surface area contributed by atoms with Gasteiger partial charge in [0.1, 0.15) is 0 Å². The van der Waals surface area contributed by atoms with Gasteiger partial charge in [-0.15, -0.1) is 6.42 Å². The predicted octanol–water partition coefficient (Wildman–Crippen LogP) is -2.23. The van der Waals surface area contributed by atoms with Crippen molar-refractivity contribution < 1.29 is 19.8 Å². The molecule has 0 fully saturated rings. The van der Waals surface area contributed by atoms with Crippen LogP contribution >= 0.6 is 0 Å². The number of carbonyl (C=O) groups excluding carboxylic acids is 1. The average Bonchev–Trinajstić information content (AvgIpc) is 2.14. The van der Waals surface area contributed by atoms with Crippen molar-refractivity contribution in [3.63, 3.8) is 0 Å². The zero-order valence-corrected chi connectivity index (χ0v) is 7.49. The summed E-state index contributed by atoms with van der Waals surface area (Å²) < 4.78 is 0. The number of aliphatic hydroxyl groups is 1.